The normalized spacial score (nSPS) is 24.0. The first-order chi connectivity index (χ1) is 10.6. The summed E-state index contributed by atoms with van der Waals surface area (Å²) >= 11 is 3.14. The molecule has 1 amide bonds. The first-order valence-electron chi connectivity index (χ1n) is 6.74. The van der Waals surface area contributed by atoms with Gasteiger partial charge in [0.2, 0.25) is 0 Å². The first kappa shape index (κ1) is 15.5. The van der Waals surface area contributed by atoms with Gasteiger partial charge in [0.15, 0.2) is 6.10 Å². The molecule has 1 aromatic carbocycles. The van der Waals surface area contributed by atoms with Crippen LogP contribution in [-0.4, -0.2) is 52.0 Å². The van der Waals surface area contributed by atoms with Crippen molar-refractivity contribution in [2.45, 2.75) is 16.4 Å². The summed E-state index contributed by atoms with van der Waals surface area (Å²) < 4.78 is 5.13. The van der Waals surface area contributed by atoms with E-state index in [2.05, 4.69) is 0 Å². The standard InChI is InChI=1S/C15H15NO4S2/c1-20-12-13(17)16-11(15(18)19)9(8-22-14(12)16)7-21-10-5-3-2-4-6-10/h2-6,12,14H,7-8H2,1H3,(H,18,19)/t12-,14+/m0/s1. The summed E-state index contributed by atoms with van der Waals surface area (Å²) in [5, 5.41) is 9.28. The average molecular weight is 337 g/mol. The van der Waals surface area contributed by atoms with Gasteiger partial charge < -0.3 is 9.84 Å². The summed E-state index contributed by atoms with van der Waals surface area (Å²) in [4.78, 5) is 26.1. The Morgan fingerprint density at radius 3 is 2.82 bits per heavy atom. The summed E-state index contributed by atoms with van der Waals surface area (Å²) in [6.07, 6.45) is -0.525. The highest BCUT2D eigenvalue weighted by atomic mass is 32.2. The molecule has 0 spiro atoms. The van der Waals surface area contributed by atoms with Crippen LogP contribution in [0, 0.1) is 0 Å². The molecule has 22 heavy (non-hydrogen) atoms. The van der Waals surface area contributed by atoms with E-state index in [0.29, 0.717) is 11.5 Å². The molecular formula is C15H15NO4S2. The largest absolute Gasteiger partial charge is 0.477 e. The molecule has 0 aliphatic carbocycles. The van der Waals surface area contributed by atoms with Crippen LogP contribution in [0.3, 0.4) is 0 Å². The van der Waals surface area contributed by atoms with Crippen LogP contribution in [0.4, 0.5) is 0 Å². The summed E-state index contributed by atoms with van der Waals surface area (Å²) in [6, 6.07) is 9.81. The summed E-state index contributed by atoms with van der Waals surface area (Å²) in [5.74, 6) is -0.140. The van der Waals surface area contributed by atoms with Crippen LogP contribution in [0.25, 0.3) is 0 Å². The number of fused-ring (bicyclic) bond motifs is 1. The molecule has 116 valence electrons. The van der Waals surface area contributed by atoms with Crippen LogP contribution in [0.1, 0.15) is 0 Å². The number of rotatable bonds is 5. The van der Waals surface area contributed by atoms with Gasteiger partial charge in [-0.3, -0.25) is 9.69 Å². The topological polar surface area (TPSA) is 66.8 Å². The lowest BCUT2D eigenvalue weighted by atomic mass is 10.1. The Bertz CT molecular complexity index is 632. The molecule has 0 aromatic heterocycles. The Kier molecular flexibility index (Phi) is 4.46. The first-order valence-corrected chi connectivity index (χ1v) is 8.77. The maximum Gasteiger partial charge on any atom is 0.352 e. The molecule has 2 atom stereocenters. The van der Waals surface area contributed by atoms with Crippen molar-refractivity contribution in [2.75, 3.05) is 18.6 Å². The van der Waals surface area contributed by atoms with Gasteiger partial charge in [0.1, 0.15) is 11.1 Å². The molecule has 3 rings (SSSR count). The predicted octanol–water partition coefficient (Wildman–Crippen LogP) is 2.05. The summed E-state index contributed by atoms with van der Waals surface area (Å²) in [5.41, 5.74) is 0.913. The van der Waals surface area contributed by atoms with Gasteiger partial charge in [0.25, 0.3) is 5.91 Å². The lowest BCUT2D eigenvalue weighted by Crippen LogP contribution is -2.65. The van der Waals surface area contributed by atoms with Crippen LogP contribution < -0.4 is 0 Å². The average Bonchev–Trinajstić information content (AvgIpc) is 2.53. The number of β-lactam (4-membered cyclic amide) rings is 1. The van der Waals surface area contributed by atoms with E-state index in [-0.39, 0.29) is 17.0 Å². The zero-order chi connectivity index (χ0) is 15.7. The van der Waals surface area contributed by atoms with Gasteiger partial charge in [-0.15, -0.1) is 23.5 Å². The Morgan fingerprint density at radius 1 is 1.45 bits per heavy atom. The molecule has 1 fully saturated rings. The van der Waals surface area contributed by atoms with Crippen LogP contribution in [-0.2, 0) is 14.3 Å². The summed E-state index contributed by atoms with van der Waals surface area (Å²) in [7, 11) is 1.48. The van der Waals surface area contributed by atoms with Crippen molar-refractivity contribution < 1.29 is 19.4 Å². The molecule has 1 aromatic rings. The number of benzene rings is 1. The minimum Gasteiger partial charge on any atom is -0.477 e. The van der Waals surface area contributed by atoms with E-state index in [9.17, 15) is 14.7 Å². The molecule has 2 heterocycles. The van der Waals surface area contributed by atoms with E-state index >= 15 is 0 Å². The van der Waals surface area contributed by atoms with Gasteiger partial charge >= 0.3 is 5.97 Å². The Labute approximate surface area is 136 Å². The molecule has 1 N–H and O–H groups in total. The third-order valence-electron chi connectivity index (χ3n) is 3.61. The fourth-order valence-corrected chi connectivity index (χ4v) is 4.96. The number of methoxy groups -OCH3 is 1. The van der Waals surface area contributed by atoms with Gasteiger partial charge in [0, 0.05) is 23.5 Å². The van der Waals surface area contributed by atoms with Gasteiger partial charge in [-0.1, -0.05) is 18.2 Å². The number of aliphatic carboxylic acids is 1. The van der Waals surface area contributed by atoms with Crippen molar-refractivity contribution >= 4 is 35.4 Å². The second kappa shape index (κ2) is 6.36. The van der Waals surface area contributed by atoms with Crippen LogP contribution >= 0.6 is 23.5 Å². The monoisotopic (exact) mass is 337 g/mol. The van der Waals surface area contributed by atoms with Crippen molar-refractivity contribution in [2.24, 2.45) is 0 Å². The number of amides is 1. The third kappa shape index (κ3) is 2.64. The highest BCUT2D eigenvalue weighted by molar-refractivity contribution is 8.01. The molecule has 5 nitrogen and oxygen atoms in total. The van der Waals surface area contributed by atoms with E-state index in [0.717, 1.165) is 10.5 Å². The SMILES string of the molecule is CO[C@H]1C(=O)N2C(C(=O)O)=C(CSc3ccccc3)CS[C@H]12. The molecule has 7 heteroatoms. The number of carbonyl (C=O) groups excluding carboxylic acids is 1. The molecule has 1 saturated heterocycles. The molecule has 0 saturated carbocycles. The fraction of sp³-hybridized carbons (Fsp3) is 0.333. The maximum atomic E-state index is 12.0. The molecule has 0 unspecified atom stereocenters. The van der Waals surface area contributed by atoms with Gasteiger partial charge in [-0.05, 0) is 17.7 Å². The number of hydrogen-bond donors (Lipinski definition) is 1. The molecular weight excluding hydrogens is 322 g/mol. The lowest BCUT2D eigenvalue weighted by Gasteiger charge is -2.48. The number of thioether (sulfide) groups is 2. The van der Waals surface area contributed by atoms with Crippen LogP contribution in [0.2, 0.25) is 0 Å². The fourth-order valence-electron chi connectivity index (χ4n) is 2.53. The number of carboxylic acid groups (broad SMARTS) is 1. The Balaban J connectivity index is 1.80. The van der Waals surface area contributed by atoms with Crippen molar-refractivity contribution in [1.82, 2.24) is 4.90 Å². The third-order valence-corrected chi connectivity index (χ3v) is 6.02. The van der Waals surface area contributed by atoms with Crippen molar-refractivity contribution in [1.29, 1.82) is 0 Å². The van der Waals surface area contributed by atoms with Crippen LogP contribution in [0.15, 0.2) is 46.5 Å². The molecule has 2 aliphatic heterocycles. The minimum atomic E-state index is -1.04. The number of nitrogens with zero attached hydrogens (tertiary/aromatic N) is 1. The van der Waals surface area contributed by atoms with Crippen molar-refractivity contribution in [3.8, 4) is 0 Å². The summed E-state index contributed by atoms with van der Waals surface area (Å²) in [6.45, 7) is 0. The second-order valence-corrected chi connectivity index (χ2v) is 7.08. The number of carboxylic acids is 1. The zero-order valence-corrected chi connectivity index (χ0v) is 13.5. The van der Waals surface area contributed by atoms with Crippen molar-refractivity contribution in [3.05, 3.63) is 41.6 Å². The Morgan fingerprint density at radius 2 is 2.18 bits per heavy atom. The van der Waals surface area contributed by atoms with Gasteiger partial charge in [-0.25, -0.2) is 4.79 Å². The quantitative estimate of drug-likeness (QED) is 0.655. The highest BCUT2D eigenvalue weighted by Crippen LogP contribution is 2.42. The minimum absolute atomic E-state index is 0.130. The number of hydrogen-bond acceptors (Lipinski definition) is 5. The van der Waals surface area contributed by atoms with E-state index in [4.69, 9.17) is 4.74 Å². The molecule has 0 bridgehead atoms. The van der Waals surface area contributed by atoms with Crippen molar-refractivity contribution in [3.63, 3.8) is 0 Å². The van der Waals surface area contributed by atoms with Gasteiger partial charge in [-0.2, -0.15) is 0 Å². The number of ether oxygens (including phenoxy) is 1. The maximum absolute atomic E-state index is 12.0. The zero-order valence-electron chi connectivity index (χ0n) is 11.9. The predicted molar refractivity (Wildman–Crippen MR) is 85.7 cm³/mol. The Hall–Kier alpha value is -1.44. The molecule has 0 radical (unpaired) electrons. The van der Waals surface area contributed by atoms with E-state index in [1.54, 1.807) is 23.5 Å². The van der Waals surface area contributed by atoms with E-state index < -0.39 is 12.1 Å². The lowest BCUT2D eigenvalue weighted by molar-refractivity contribution is -0.162. The second-order valence-electron chi connectivity index (χ2n) is 4.93. The van der Waals surface area contributed by atoms with E-state index in [1.807, 2.05) is 30.3 Å². The van der Waals surface area contributed by atoms with Gasteiger partial charge in [0.05, 0.1) is 0 Å². The molecule has 2 aliphatic rings. The number of carbonyl (C=O) groups is 2. The van der Waals surface area contributed by atoms with E-state index in [1.165, 1.54) is 12.0 Å². The highest BCUT2D eigenvalue weighted by Gasteiger charge is 2.53. The smallest absolute Gasteiger partial charge is 0.352 e. The van der Waals surface area contributed by atoms with Crippen LogP contribution in [0.5, 0.6) is 0 Å².